The van der Waals surface area contributed by atoms with E-state index < -0.39 is 0 Å². The Labute approximate surface area is 148 Å². The van der Waals surface area contributed by atoms with Gasteiger partial charge in [-0.3, -0.25) is 4.79 Å². The van der Waals surface area contributed by atoms with Crippen molar-refractivity contribution in [1.29, 1.82) is 0 Å². The maximum atomic E-state index is 12.3. The summed E-state index contributed by atoms with van der Waals surface area (Å²) < 4.78 is 0. The lowest BCUT2D eigenvalue weighted by molar-refractivity contribution is -0.130. The van der Waals surface area contributed by atoms with Gasteiger partial charge in [0.05, 0.1) is 5.75 Å². The van der Waals surface area contributed by atoms with Crippen LogP contribution in [0, 0.1) is 5.92 Å². The number of halogens is 2. The van der Waals surface area contributed by atoms with Crippen molar-refractivity contribution in [3.63, 3.8) is 0 Å². The van der Waals surface area contributed by atoms with Crippen molar-refractivity contribution >= 4 is 41.7 Å². The molecule has 1 unspecified atom stereocenters. The highest BCUT2D eigenvalue weighted by Crippen LogP contribution is 2.19. The van der Waals surface area contributed by atoms with Crippen molar-refractivity contribution in [1.82, 2.24) is 10.2 Å². The Bertz CT molecular complexity index is 471. The molecule has 1 aliphatic heterocycles. The van der Waals surface area contributed by atoms with Crippen LogP contribution < -0.4 is 5.32 Å². The molecule has 1 aromatic carbocycles. The highest BCUT2D eigenvalue weighted by molar-refractivity contribution is 7.99. The number of rotatable bonds is 6. The number of carbonyl (C=O) groups is 1. The fourth-order valence-electron chi connectivity index (χ4n) is 2.72. The van der Waals surface area contributed by atoms with Crippen LogP contribution in [0.1, 0.15) is 18.4 Å². The van der Waals surface area contributed by atoms with Gasteiger partial charge in [-0.05, 0) is 50.0 Å². The lowest BCUT2D eigenvalue weighted by Gasteiger charge is -2.32. The van der Waals surface area contributed by atoms with Crippen molar-refractivity contribution in [3.8, 4) is 0 Å². The van der Waals surface area contributed by atoms with E-state index in [-0.39, 0.29) is 18.3 Å². The second kappa shape index (κ2) is 10.4. The van der Waals surface area contributed by atoms with E-state index in [9.17, 15) is 4.79 Å². The van der Waals surface area contributed by atoms with Crippen molar-refractivity contribution < 1.29 is 4.79 Å². The zero-order valence-corrected chi connectivity index (χ0v) is 15.3. The van der Waals surface area contributed by atoms with Gasteiger partial charge in [-0.15, -0.1) is 24.2 Å². The highest BCUT2D eigenvalue weighted by atomic mass is 35.5. The molecule has 6 heteroatoms. The fourth-order valence-corrected chi connectivity index (χ4v) is 3.81. The molecule has 0 spiro atoms. The Kier molecular flexibility index (Phi) is 9.25. The van der Waals surface area contributed by atoms with Gasteiger partial charge in [0.2, 0.25) is 5.91 Å². The quantitative estimate of drug-likeness (QED) is 0.840. The number of nitrogens with one attached hydrogen (secondary N) is 1. The number of piperidine rings is 1. The molecule has 0 saturated carbocycles. The molecule has 1 heterocycles. The molecule has 1 aromatic rings. The molecular weight excluding hydrogens is 339 g/mol. The Balaban J connectivity index is 0.00000242. The van der Waals surface area contributed by atoms with Crippen molar-refractivity contribution in [3.05, 3.63) is 34.9 Å². The fraction of sp³-hybridized carbons (Fsp3) is 0.562. The predicted octanol–water partition coefficient (Wildman–Crippen LogP) is 3.45. The molecule has 1 saturated heterocycles. The minimum Gasteiger partial charge on any atom is -0.342 e. The van der Waals surface area contributed by atoms with Gasteiger partial charge in [0.1, 0.15) is 0 Å². The van der Waals surface area contributed by atoms with Crippen molar-refractivity contribution in [2.24, 2.45) is 5.92 Å². The largest absolute Gasteiger partial charge is 0.342 e. The normalized spacial score (nSPS) is 17.9. The average Bonchev–Trinajstić information content (AvgIpc) is 2.48. The molecule has 1 N–H and O–H groups in total. The summed E-state index contributed by atoms with van der Waals surface area (Å²) in [5, 5.41) is 3.97. The molecule has 22 heavy (non-hydrogen) atoms. The van der Waals surface area contributed by atoms with Gasteiger partial charge >= 0.3 is 0 Å². The zero-order valence-electron chi connectivity index (χ0n) is 12.9. The van der Waals surface area contributed by atoms with Gasteiger partial charge in [0.25, 0.3) is 0 Å². The molecule has 1 atom stereocenters. The molecule has 2 rings (SSSR count). The smallest absolute Gasteiger partial charge is 0.232 e. The second-order valence-corrected chi connectivity index (χ2v) is 6.95. The lowest BCUT2D eigenvalue weighted by Crippen LogP contribution is -2.43. The van der Waals surface area contributed by atoms with Crippen LogP contribution in [-0.4, -0.2) is 43.2 Å². The van der Waals surface area contributed by atoms with Crippen LogP contribution in [-0.2, 0) is 10.5 Å². The summed E-state index contributed by atoms with van der Waals surface area (Å²) in [6, 6.07) is 7.83. The van der Waals surface area contributed by atoms with Gasteiger partial charge in [0, 0.05) is 23.9 Å². The van der Waals surface area contributed by atoms with Crippen LogP contribution in [0.4, 0.5) is 0 Å². The van der Waals surface area contributed by atoms with E-state index in [1.54, 1.807) is 11.8 Å². The van der Waals surface area contributed by atoms with Crippen LogP contribution in [0.15, 0.2) is 24.3 Å². The second-order valence-electron chi connectivity index (χ2n) is 5.53. The third-order valence-electron chi connectivity index (χ3n) is 3.75. The molecule has 1 fully saturated rings. The van der Waals surface area contributed by atoms with E-state index >= 15 is 0 Å². The van der Waals surface area contributed by atoms with Crippen molar-refractivity contribution in [2.45, 2.75) is 18.6 Å². The first-order chi connectivity index (χ1) is 10.2. The van der Waals surface area contributed by atoms with Crippen molar-refractivity contribution in [2.75, 3.05) is 32.4 Å². The molecule has 0 aliphatic carbocycles. The summed E-state index contributed by atoms with van der Waals surface area (Å²) in [7, 11) is 1.97. The molecule has 0 aromatic heterocycles. The Morgan fingerprint density at radius 2 is 2.32 bits per heavy atom. The monoisotopic (exact) mass is 362 g/mol. The number of thioether (sulfide) groups is 1. The van der Waals surface area contributed by atoms with Gasteiger partial charge in [-0.2, -0.15) is 0 Å². The molecule has 124 valence electrons. The molecule has 0 bridgehead atoms. The first kappa shape index (κ1) is 19.6. The van der Waals surface area contributed by atoms with Crippen LogP contribution in [0.2, 0.25) is 5.02 Å². The van der Waals surface area contributed by atoms with Crippen LogP contribution in [0.25, 0.3) is 0 Å². The molecular formula is C16H24Cl2N2OS. The lowest BCUT2D eigenvalue weighted by atomic mass is 9.98. The van der Waals surface area contributed by atoms with E-state index in [1.807, 2.05) is 36.2 Å². The van der Waals surface area contributed by atoms with Gasteiger partial charge in [-0.1, -0.05) is 23.7 Å². The summed E-state index contributed by atoms with van der Waals surface area (Å²) >= 11 is 7.63. The van der Waals surface area contributed by atoms with E-state index in [2.05, 4.69) is 5.32 Å². The number of hydrogen-bond donors (Lipinski definition) is 1. The van der Waals surface area contributed by atoms with Crippen LogP contribution in [0.3, 0.4) is 0 Å². The van der Waals surface area contributed by atoms with Gasteiger partial charge in [-0.25, -0.2) is 0 Å². The standard InChI is InChI=1S/C16H23ClN2OS.ClH/c1-18-9-14-5-3-7-19(10-14)16(20)12-21-11-13-4-2-6-15(17)8-13;/h2,4,6,8,14,18H,3,5,7,9-12H2,1H3;1H. The SMILES string of the molecule is CNCC1CCCN(C(=O)CSCc2cccc(Cl)c2)C1.Cl. The summed E-state index contributed by atoms with van der Waals surface area (Å²) in [4.78, 5) is 14.3. The summed E-state index contributed by atoms with van der Waals surface area (Å²) in [6.07, 6.45) is 2.34. The molecule has 0 radical (unpaired) electrons. The van der Waals surface area contributed by atoms with Crippen LogP contribution >= 0.6 is 35.8 Å². The topological polar surface area (TPSA) is 32.3 Å². The Hall–Kier alpha value is -0.420. The summed E-state index contributed by atoms with van der Waals surface area (Å²) in [6.45, 7) is 2.81. The number of benzene rings is 1. The first-order valence-corrected chi connectivity index (χ1v) is 8.97. The Morgan fingerprint density at radius 3 is 3.05 bits per heavy atom. The van der Waals surface area contributed by atoms with E-state index in [0.29, 0.717) is 11.7 Å². The predicted molar refractivity (Wildman–Crippen MR) is 98.1 cm³/mol. The van der Waals surface area contributed by atoms with Gasteiger partial charge < -0.3 is 10.2 Å². The minimum atomic E-state index is 0. The van der Waals surface area contributed by atoms with E-state index in [1.165, 1.54) is 12.0 Å². The number of nitrogens with zero attached hydrogens (tertiary/aromatic N) is 1. The number of carbonyl (C=O) groups excluding carboxylic acids is 1. The number of likely N-dealkylation sites (tertiary alicyclic amines) is 1. The summed E-state index contributed by atoms with van der Waals surface area (Å²) in [5.41, 5.74) is 1.17. The minimum absolute atomic E-state index is 0. The van der Waals surface area contributed by atoms with Crippen LogP contribution in [0.5, 0.6) is 0 Å². The molecule has 1 aliphatic rings. The number of amides is 1. The summed E-state index contributed by atoms with van der Waals surface area (Å²) in [5.74, 6) is 2.26. The van der Waals surface area contributed by atoms with E-state index in [0.717, 1.165) is 36.8 Å². The third kappa shape index (κ3) is 6.37. The average molecular weight is 363 g/mol. The molecule has 1 amide bonds. The maximum Gasteiger partial charge on any atom is 0.232 e. The maximum absolute atomic E-state index is 12.3. The highest BCUT2D eigenvalue weighted by Gasteiger charge is 2.22. The first-order valence-electron chi connectivity index (χ1n) is 7.43. The third-order valence-corrected chi connectivity index (χ3v) is 4.97. The van der Waals surface area contributed by atoms with E-state index in [4.69, 9.17) is 11.6 Å². The Morgan fingerprint density at radius 1 is 1.50 bits per heavy atom. The van der Waals surface area contributed by atoms with Gasteiger partial charge in [0.15, 0.2) is 0 Å². The number of hydrogen-bond acceptors (Lipinski definition) is 3. The zero-order chi connectivity index (χ0) is 15.1. The molecule has 3 nitrogen and oxygen atoms in total.